The van der Waals surface area contributed by atoms with Crippen molar-refractivity contribution in [3.05, 3.63) is 51.3 Å². The molecule has 0 saturated heterocycles. The van der Waals surface area contributed by atoms with Crippen LogP contribution >= 0.6 is 11.6 Å². The summed E-state index contributed by atoms with van der Waals surface area (Å²) in [6.07, 6.45) is 0. The van der Waals surface area contributed by atoms with Crippen molar-refractivity contribution in [3.8, 4) is 0 Å². The zero-order valence-electron chi connectivity index (χ0n) is 9.43. The molecule has 98 valence electrons. The van der Waals surface area contributed by atoms with E-state index in [0.717, 1.165) is 6.07 Å². The zero-order valence-corrected chi connectivity index (χ0v) is 10.2. The highest BCUT2D eigenvalue weighted by Gasteiger charge is 2.13. The molecule has 0 fully saturated rings. The van der Waals surface area contributed by atoms with Crippen LogP contribution in [0.5, 0.6) is 0 Å². The van der Waals surface area contributed by atoms with E-state index in [-0.39, 0.29) is 28.0 Å². The summed E-state index contributed by atoms with van der Waals surface area (Å²) in [6, 6.07) is 6.60. The van der Waals surface area contributed by atoms with Crippen molar-refractivity contribution < 1.29 is 9.31 Å². The van der Waals surface area contributed by atoms with Crippen molar-refractivity contribution in [2.45, 2.75) is 0 Å². The molecular weight excluding hydrogens is 275 g/mol. The van der Waals surface area contributed by atoms with Crippen molar-refractivity contribution in [1.29, 1.82) is 0 Å². The van der Waals surface area contributed by atoms with E-state index in [9.17, 15) is 14.5 Å². The molecule has 3 N–H and O–H groups in total. The number of rotatable bonds is 3. The van der Waals surface area contributed by atoms with Crippen LogP contribution in [0.15, 0.2) is 30.3 Å². The standard InChI is InChI=1S/C11H8ClFN4O2/c12-6-1-2-8(7(13)5-6)15-10-4-3-9(17(18)19)11(14)16-10/h1-5H,(H3,14,15,16). The van der Waals surface area contributed by atoms with Crippen LogP contribution < -0.4 is 11.1 Å². The summed E-state index contributed by atoms with van der Waals surface area (Å²) >= 11 is 5.62. The number of nitrogens with zero attached hydrogens (tertiary/aromatic N) is 2. The number of nitro groups is 1. The molecule has 1 aromatic carbocycles. The van der Waals surface area contributed by atoms with Gasteiger partial charge in [0.05, 0.1) is 10.6 Å². The van der Waals surface area contributed by atoms with E-state index in [0.29, 0.717) is 0 Å². The maximum Gasteiger partial charge on any atom is 0.311 e. The summed E-state index contributed by atoms with van der Waals surface area (Å²) in [6.45, 7) is 0. The molecule has 2 rings (SSSR count). The first-order chi connectivity index (χ1) is 8.97. The van der Waals surface area contributed by atoms with E-state index in [2.05, 4.69) is 10.3 Å². The summed E-state index contributed by atoms with van der Waals surface area (Å²) in [5, 5.41) is 13.5. The average molecular weight is 283 g/mol. The third-order valence-electron chi connectivity index (χ3n) is 2.29. The summed E-state index contributed by atoms with van der Waals surface area (Å²) in [4.78, 5) is 13.7. The first-order valence-electron chi connectivity index (χ1n) is 5.10. The lowest BCUT2D eigenvalue weighted by atomic mass is 10.3. The number of nitrogen functional groups attached to an aromatic ring is 1. The first kappa shape index (κ1) is 13.0. The molecule has 0 saturated carbocycles. The average Bonchev–Trinajstić information content (AvgIpc) is 2.32. The number of aromatic nitrogens is 1. The number of nitrogens with two attached hydrogens (primary N) is 1. The molecule has 0 unspecified atom stereocenters. The van der Waals surface area contributed by atoms with Crippen LogP contribution in [0, 0.1) is 15.9 Å². The Balaban J connectivity index is 2.29. The van der Waals surface area contributed by atoms with Crippen LogP contribution in [0.2, 0.25) is 5.02 Å². The SMILES string of the molecule is Nc1nc(Nc2ccc(Cl)cc2F)ccc1[N+](=O)[O-]. The molecule has 0 atom stereocenters. The third kappa shape index (κ3) is 2.89. The van der Waals surface area contributed by atoms with Gasteiger partial charge in [-0.25, -0.2) is 9.37 Å². The van der Waals surface area contributed by atoms with E-state index in [1.807, 2.05) is 0 Å². The van der Waals surface area contributed by atoms with Crippen LogP contribution in [0.4, 0.5) is 27.4 Å². The van der Waals surface area contributed by atoms with E-state index in [1.165, 1.54) is 24.3 Å². The van der Waals surface area contributed by atoms with Crippen LogP contribution in [0.1, 0.15) is 0 Å². The second-order valence-corrected chi connectivity index (χ2v) is 4.04. The minimum absolute atomic E-state index is 0.144. The molecule has 0 bridgehead atoms. The van der Waals surface area contributed by atoms with Gasteiger partial charge >= 0.3 is 5.69 Å². The van der Waals surface area contributed by atoms with Gasteiger partial charge in [-0.2, -0.15) is 0 Å². The number of nitrogens with one attached hydrogen (secondary N) is 1. The van der Waals surface area contributed by atoms with Crippen LogP contribution in [0.3, 0.4) is 0 Å². The Morgan fingerprint density at radius 3 is 2.68 bits per heavy atom. The lowest BCUT2D eigenvalue weighted by molar-refractivity contribution is -0.384. The normalized spacial score (nSPS) is 10.2. The fraction of sp³-hybridized carbons (Fsp3) is 0. The number of hydrogen-bond acceptors (Lipinski definition) is 5. The molecule has 0 radical (unpaired) electrons. The maximum absolute atomic E-state index is 13.5. The largest absolute Gasteiger partial charge is 0.378 e. The Labute approximate surface area is 112 Å². The van der Waals surface area contributed by atoms with Gasteiger partial charge in [-0.15, -0.1) is 0 Å². The molecule has 0 amide bonds. The molecular formula is C11H8ClFN4O2. The molecule has 8 heteroatoms. The van der Waals surface area contributed by atoms with Crippen molar-refractivity contribution in [2.75, 3.05) is 11.1 Å². The maximum atomic E-state index is 13.5. The fourth-order valence-corrected chi connectivity index (χ4v) is 1.58. The van der Waals surface area contributed by atoms with Gasteiger partial charge in [-0.3, -0.25) is 10.1 Å². The Morgan fingerprint density at radius 1 is 1.37 bits per heavy atom. The number of hydrogen-bond donors (Lipinski definition) is 2. The highest BCUT2D eigenvalue weighted by atomic mass is 35.5. The quantitative estimate of drug-likeness (QED) is 0.666. The Bertz CT molecular complexity index is 651. The number of halogens is 2. The molecule has 0 aliphatic carbocycles. The van der Waals surface area contributed by atoms with Crippen LogP contribution in [-0.4, -0.2) is 9.91 Å². The van der Waals surface area contributed by atoms with Gasteiger partial charge in [0.25, 0.3) is 0 Å². The van der Waals surface area contributed by atoms with E-state index >= 15 is 0 Å². The Morgan fingerprint density at radius 2 is 2.11 bits per heavy atom. The monoisotopic (exact) mass is 282 g/mol. The predicted octanol–water partition coefficient (Wildman–Crippen LogP) is 3.11. The lowest BCUT2D eigenvalue weighted by Gasteiger charge is -2.07. The van der Waals surface area contributed by atoms with E-state index in [4.69, 9.17) is 17.3 Å². The highest BCUT2D eigenvalue weighted by Crippen LogP contribution is 2.25. The molecule has 6 nitrogen and oxygen atoms in total. The predicted molar refractivity (Wildman–Crippen MR) is 70.0 cm³/mol. The van der Waals surface area contributed by atoms with E-state index < -0.39 is 10.7 Å². The number of benzene rings is 1. The van der Waals surface area contributed by atoms with Gasteiger partial charge < -0.3 is 11.1 Å². The van der Waals surface area contributed by atoms with Gasteiger partial charge in [0, 0.05) is 11.1 Å². The van der Waals surface area contributed by atoms with Gasteiger partial charge in [-0.05, 0) is 24.3 Å². The van der Waals surface area contributed by atoms with Crippen molar-refractivity contribution in [1.82, 2.24) is 4.98 Å². The summed E-state index contributed by atoms with van der Waals surface area (Å²) in [5.74, 6) is -0.611. The molecule has 0 aliphatic rings. The summed E-state index contributed by atoms with van der Waals surface area (Å²) in [7, 11) is 0. The van der Waals surface area contributed by atoms with Gasteiger partial charge in [0.15, 0.2) is 0 Å². The molecule has 19 heavy (non-hydrogen) atoms. The Kier molecular flexibility index (Phi) is 3.48. The fourth-order valence-electron chi connectivity index (χ4n) is 1.42. The van der Waals surface area contributed by atoms with Crippen molar-refractivity contribution in [3.63, 3.8) is 0 Å². The van der Waals surface area contributed by atoms with E-state index in [1.54, 1.807) is 0 Å². The van der Waals surface area contributed by atoms with Crippen molar-refractivity contribution in [2.24, 2.45) is 0 Å². The smallest absolute Gasteiger partial charge is 0.311 e. The molecule has 1 aromatic heterocycles. The second kappa shape index (κ2) is 5.07. The molecule has 0 spiro atoms. The topological polar surface area (TPSA) is 94.1 Å². The lowest BCUT2D eigenvalue weighted by Crippen LogP contribution is -2.02. The van der Waals surface area contributed by atoms with Gasteiger partial charge in [-0.1, -0.05) is 11.6 Å². The third-order valence-corrected chi connectivity index (χ3v) is 2.53. The summed E-state index contributed by atoms with van der Waals surface area (Å²) in [5.41, 5.74) is 5.27. The highest BCUT2D eigenvalue weighted by molar-refractivity contribution is 6.30. The Hall–Kier alpha value is -2.41. The number of anilines is 3. The van der Waals surface area contributed by atoms with Gasteiger partial charge in [0.1, 0.15) is 11.6 Å². The zero-order chi connectivity index (χ0) is 14.0. The summed E-state index contributed by atoms with van der Waals surface area (Å²) < 4.78 is 13.5. The minimum atomic E-state index is -0.644. The van der Waals surface area contributed by atoms with Crippen LogP contribution in [-0.2, 0) is 0 Å². The molecule has 2 aromatic rings. The van der Waals surface area contributed by atoms with Crippen LogP contribution in [0.25, 0.3) is 0 Å². The van der Waals surface area contributed by atoms with Crippen molar-refractivity contribution >= 4 is 34.6 Å². The first-order valence-corrected chi connectivity index (χ1v) is 5.48. The number of pyridine rings is 1. The minimum Gasteiger partial charge on any atom is -0.378 e. The van der Waals surface area contributed by atoms with Gasteiger partial charge in [0.2, 0.25) is 5.82 Å². The second-order valence-electron chi connectivity index (χ2n) is 3.61. The molecule has 1 heterocycles. The molecule has 0 aliphatic heterocycles.